The highest BCUT2D eigenvalue weighted by molar-refractivity contribution is 6.36. The van der Waals surface area contributed by atoms with E-state index in [1.54, 1.807) is 13.2 Å². The van der Waals surface area contributed by atoms with Crippen LogP contribution in [-0.4, -0.2) is 13.2 Å². The lowest BCUT2D eigenvalue weighted by Gasteiger charge is -2.14. The zero-order valence-electron chi connectivity index (χ0n) is 12.4. The quantitative estimate of drug-likeness (QED) is 0.819. The van der Waals surface area contributed by atoms with Crippen LogP contribution in [-0.2, 0) is 6.54 Å². The highest BCUT2D eigenvalue weighted by Gasteiger charge is 2.09. The Morgan fingerprint density at radius 2 is 1.86 bits per heavy atom. The molecule has 0 radical (unpaired) electrons. The van der Waals surface area contributed by atoms with Crippen molar-refractivity contribution in [3.63, 3.8) is 0 Å². The van der Waals surface area contributed by atoms with Gasteiger partial charge in [-0.3, -0.25) is 0 Å². The van der Waals surface area contributed by atoms with Gasteiger partial charge in [0.2, 0.25) is 0 Å². The predicted molar refractivity (Wildman–Crippen MR) is 90.4 cm³/mol. The number of hydrogen-bond acceptors (Lipinski definition) is 2. The van der Waals surface area contributed by atoms with Crippen LogP contribution in [0.4, 0.5) is 0 Å². The summed E-state index contributed by atoms with van der Waals surface area (Å²) in [5, 5.41) is 4.69. The molecule has 1 N–H and O–H groups in total. The highest BCUT2D eigenvalue weighted by Crippen LogP contribution is 2.33. The van der Waals surface area contributed by atoms with Crippen LogP contribution in [0.3, 0.4) is 0 Å². The van der Waals surface area contributed by atoms with E-state index in [9.17, 15) is 0 Å². The number of methoxy groups -OCH3 is 1. The van der Waals surface area contributed by atoms with Gasteiger partial charge < -0.3 is 10.1 Å². The molecule has 2 aromatic rings. The minimum Gasteiger partial charge on any atom is -0.496 e. The molecule has 0 saturated heterocycles. The second kappa shape index (κ2) is 7.17. The molecule has 2 rings (SSSR count). The Kier molecular flexibility index (Phi) is 5.51. The van der Waals surface area contributed by atoms with Gasteiger partial charge in [-0.1, -0.05) is 49.2 Å². The number of halogens is 2. The van der Waals surface area contributed by atoms with Crippen LogP contribution < -0.4 is 10.1 Å². The van der Waals surface area contributed by atoms with Gasteiger partial charge in [0.15, 0.2) is 0 Å². The second-order valence-electron chi connectivity index (χ2n) is 5.19. The van der Waals surface area contributed by atoms with Crippen LogP contribution in [0.2, 0.25) is 10.0 Å². The third kappa shape index (κ3) is 4.13. The van der Waals surface area contributed by atoms with Crippen molar-refractivity contribution >= 4 is 23.2 Å². The summed E-state index contributed by atoms with van der Waals surface area (Å²) < 4.78 is 5.42. The number of rotatable bonds is 5. The molecule has 0 spiro atoms. The lowest BCUT2D eigenvalue weighted by atomic mass is 10.0. The summed E-state index contributed by atoms with van der Waals surface area (Å²) in [6.07, 6.45) is 0. The standard InChI is InChI=1S/C17H19Cl2NO/c1-11(2)20-10-13-8-12(4-7-17(13)21-3)15-6-5-14(18)9-16(15)19/h4-9,11,20H,10H2,1-3H3. The van der Waals surface area contributed by atoms with Crippen LogP contribution in [0.25, 0.3) is 11.1 Å². The normalized spacial score (nSPS) is 11.0. The SMILES string of the molecule is COc1ccc(-c2ccc(Cl)cc2Cl)cc1CNC(C)C. The van der Waals surface area contributed by atoms with Gasteiger partial charge >= 0.3 is 0 Å². The Bertz CT molecular complexity index is 626. The predicted octanol–water partition coefficient (Wildman–Crippen LogP) is 5.17. The smallest absolute Gasteiger partial charge is 0.123 e. The largest absolute Gasteiger partial charge is 0.496 e. The summed E-state index contributed by atoms with van der Waals surface area (Å²) in [6, 6.07) is 12.0. The molecular weight excluding hydrogens is 305 g/mol. The lowest BCUT2D eigenvalue weighted by Crippen LogP contribution is -2.22. The molecule has 0 unspecified atom stereocenters. The molecular formula is C17H19Cl2NO. The molecule has 112 valence electrons. The van der Waals surface area contributed by atoms with Crippen molar-refractivity contribution in [1.82, 2.24) is 5.32 Å². The topological polar surface area (TPSA) is 21.3 Å². The van der Waals surface area contributed by atoms with Crippen LogP contribution in [0.1, 0.15) is 19.4 Å². The molecule has 0 aliphatic heterocycles. The minimum absolute atomic E-state index is 0.414. The molecule has 0 bridgehead atoms. The summed E-state index contributed by atoms with van der Waals surface area (Å²) in [4.78, 5) is 0. The second-order valence-corrected chi connectivity index (χ2v) is 6.03. The lowest BCUT2D eigenvalue weighted by molar-refractivity contribution is 0.406. The van der Waals surface area contributed by atoms with E-state index in [0.29, 0.717) is 16.1 Å². The van der Waals surface area contributed by atoms with E-state index < -0.39 is 0 Å². The van der Waals surface area contributed by atoms with Gasteiger partial charge in [-0.05, 0) is 29.8 Å². The summed E-state index contributed by atoms with van der Waals surface area (Å²) in [5.41, 5.74) is 3.13. The van der Waals surface area contributed by atoms with Crippen molar-refractivity contribution in [2.75, 3.05) is 7.11 Å². The number of nitrogens with one attached hydrogen (secondary N) is 1. The Labute approximate surface area is 136 Å². The molecule has 0 aliphatic rings. The van der Waals surface area contributed by atoms with Gasteiger partial charge in [0, 0.05) is 33.8 Å². The van der Waals surface area contributed by atoms with Crippen LogP contribution in [0.5, 0.6) is 5.75 Å². The van der Waals surface area contributed by atoms with E-state index >= 15 is 0 Å². The minimum atomic E-state index is 0.414. The molecule has 0 fully saturated rings. The van der Waals surface area contributed by atoms with Gasteiger partial charge in [-0.2, -0.15) is 0 Å². The molecule has 0 aromatic heterocycles. The van der Waals surface area contributed by atoms with Crippen LogP contribution in [0.15, 0.2) is 36.4 Å². The van der Waals surface area contributed by atoms with E-state index in [1.165, 1.54) is 0 Å². The van der Waals surface area contributed by atoms with Crippen LogP contribution in [0, 0.1) is 0 Å². The zero-order chi connectivity index (χ0) is 15.4. The third-order valence-corrected chi connectivity index (χ3v) is 3.77. The molecule has 21 heavy (non-hydrogen) atoms. The third-order valence-electron chi connectivity index (χ3n) is 3.22. The van der Waals surface area contributed by atoms with Crippen molar-refractivity contribution in [3.05, 3.63) is 52.0 Å². The van der Waals surface area contributed by atoms with Crippen molar-refractivity contribution in [2.24, 2.45) is 0 Å². The molecule has 0 amide bonds. The van der Waals surface area contributed by atoms with Crippen molar-refractivity contribution in [2.45, 2.75) is 26.4 Å². The van der Waals surface area contributed by atoms with Gasteiger partial charge in [0.05, 0.1) is 7.11 Å². The first kappa shape index (κ1) is 16.2. The zero-order valence-corrected chi connectivity index (χ0v) is 13.9. The summed E-state index contributed by atoms with van der Waals surface area (Å²) in [7, 11) is 1.68. The summed E-state index contributed by atoms with van der Waals surface area (Å²) >= 11 is 12.2. The average molecular weight is 324 g/mol. The Balaban J connectivity index is 2.38. The molecule has 0 saturated carbocycles. The van der Waals surface area contributed by atoms with E-state index in [4.69, 9.17) is 27.9 Å². The Hall–Kier alpha value is -1.22. The van der Waals surface area contributed by atoms with E-state index in [-0.39, 0.29) is 0 Å². The fourth-order valence-corrected chi connectivity index (χ4v) is 2.64. The van der Waals surface area contributed by atoms with Gasteiger partial charge in [-0.25, -0.2) is 0 Å². The highest BCUT2D eigenvalue weighted by atomic mass is 35.5. The first-order chi connectivity index (χ1) is 10.0. The Morgan fingerprint density at radius 3 is 2.48 bits per heavy atom. The Morgan fingerprint density at radius 1 is 1.10 bits per heavy atom. The van der Waals surface area contributed by atoms with Crippen molar-refractivity contribution < 1.29 is 4.74 Å². The number of benzene rings is 2. The van der Waals surface area contributed by atoms with Crippen molar-refractivity contribution in [1.29, 1.82) is 0 Å². The first-order valence-corrected chi connectivity index (χ1v) is 7.62. The summed E-state index contributed by atoms with van der Waals surface area (Å²) in [5.74, 6) is 0.872. The maximum absolute atomic E-state index is 6.29. The van der Waals surface area contributed by atoms with E-state index in [1.807, 2.05) is 24.3 Å². The molecule has 4 heteroatoms. The molecule has 2 aromatic carbocycles. The number of ether oxygens (including phenoxy) is 1. The first-order valence-electron chi connectivity index (χ1n) is 6.87. The average Bonchev–Trinajstić information content (AvgIpc) is 2.45. The summed E-state index contributed by atoms with van der Waals surface area (Å²) in [6.45, 7) is 4.98. The van der Waals surface area contributed by atoms with E-state index in [2.05, 4.69) is 25.2 Å². The van der Waals surface area contributed by atoms with Crippen molar-refractivity contribution in [3.8, 4) is 16.9 Å². The molecule has 0 heterocycles. The maximum atomic E-state index is 6.29. The van der Waals surface area contributed by atoms with Gasteiger partial charge in [0.25, 0.3) is 0 Å². The molecule has 2 nitrogen and oxygen atoms in total. The molecule has 0 aliphatic carbocycles. The molecule has 0 atom stereocenters. The van der Waals surface area contributed by atoms with Crippen LogP contribution >= 0.6 is 23.2 Å². The maximum Gasteiger partial charge on any atom is 0.123 e. The van der Waals surface area contributed by atoms with Gasteiger partial charge in [-0.15, -0.1) is 0 Å². The number of hydrogen-bond donors (Lipinski definition) is 1. The monoisotopic (exact) mass is 323 g/mol. The van der Waals surface area contributed by atoms with E-state index in [0.717, 1.165) is 29.0 Å². The van der Waals surface area contributed by atoms with Gasteiger partial charge in [0.1, 0.15) is 5.75 Å². The fourth-order valence-electron chi connectivity index (χ4n) is 2.12. The fraction of sp³-hybridized carbons (Fsp3) is 0.294.